The molecule has 2 aromatic carbocycles. The van der Waals surface area contributed by atoms with Gasteiger partial charge in [-0.25, -0.2) is 4.79 Å². The van der Waals surface area contributed by atoms with E-state index in [1.54, 1.807) is 45.9 Å². The van der Waals surface area contributed by atoms with E-state index in [-0.39, 0.29) is 37.3 Å². The minimum Gasteiger partial charge on any atom is -0.508 e. The zero-order valence-corrected chi connectivity index (χ0v) is 27.1. The van der Waals surface area contributed by atoms with Crippen molar-refractivity contribution >= 4 is 23.9 Å². The SMILES string of the molecule is CCOC(=O)CCNC(=O)C(c1ccccc1O)N(C(=O)C(Cc1ccccc1)NC(=O)OC(C)(C)C)C(C)CCC(C)C. The van der Waals surface area contributed by atoms with Crippen LogP contribution in [-0.2, 0) is 30.3 Å². The second-order valence-corrected chi connectivity index (χ2v) is 12.3. The fourth-order valence-corrected chi connectivity index (χ4v) is 4.75. The van der Waals surface area contributed by atoms with Gasteiger partial charge in [0, 0.05) is 24.6 Å². The van der Waals surface area contributed by atoms with E-state index in [1.165, 1.54) is 11.0 Å². The standard InChI is InChI=1S/C34H49N3O7/c1-8-43-29(39)20-21-35-31(40)30(26-16-12-13-17-28(26)38)37(24(4)19-18-23(2)3)32(41)27(22-25-14-10-9-11-15-25)36-33(42)44-34(5,6)7/h9-17,23-24,27,30,38H,8,18-22H2,1-7H3,(H,35,40)(H,36,42). The number of ether oxygens (including phenoxy) is 2. The first-order chi connectivity index (χ1) is 20.7. The number of hydrogen-bond donors (Lipinski definition) is 3. The third kappa shape index (κ3) is 11.9. The molecular weight excluding hydrogens is 562 g/mol. The smallest absolute Gasteiger partial charge is 0.408 e. The number of nitrogens with one attached hydrogen (secondary N) is 2. The fourth-order valence-electron chi connectivity index (χ4n) is 4.75. The van der Waals surface area contributed by atoms with Crippen molar-refractivity contribution in [1.82, 2.24) is 15.5 Å². The van der Waals surface area contributed by atoms with E-state index in [0.29, 0.717) is 12.3 Å². The maximum Gasteiger partial charge on any atom is 0.408 e. The van der Waals surface area contributed by atoms with Crippen molar-refractivity contribution in [3.05, 3.63) is 65.7 Å². The molecule has 0 aromatic heterocycles. The van der Waals surface area contributed by atoms with Crippen LogP contribution in [0.1, 0.15) is 84.9 Å². The Bertz CT molecular complexity index is 1230. The number of benzene rings is 2. The third-order valence-corrected chi connectivity index (χ3v) is 6.85. The van der Waals surface area contributed by atoms with Crippen LogP contribution in [0.5, 0.6) is 5.75 Å². The van der Waals surface area contributed by atoms with Gasteiger partial charge in [-0.05, 0) is 65.0 Å². The average Bonchev–Trinajstić information content (AvgIpc) is 2.94. The van der Waals surface area contributed by atoms with Crippen molar-refractivity contribution in [1.29, 1.82) is 0 Å². The summed E-state index contributed by atoms with van der Waals surface area (Å²) in [7, 11) is 0. The van der Waals surface area contributed by atoms with Gasteiger partial charge in [-0.3, -0.25) is 14.4 Å². The van der Waals surface area contributed by atoms with E-state index in [2.05, 4.69) is 24.5 Å². The highest BCUT2D eigenvalue weighted by atomic mass is 16.6. The Kier molecular flexibility index (Phi) is 14.2. The highest BCUT2D eigenvalue weighted by Crippen LogP contribution is 2.33. The van der Waals surface area contributed by atoms with Crippen molar-refractivity contribution < 1.29 is 33.8 Å². The van der Waals surface area contributed by atoms with Crippen LogP contribution in [0.4, 0.5) is 4.79 Å². The van der Waals surface area contributed by atoms with E-state index in [0.717, 1.165) is 12.0 Å². The molecule has 0 saturated carbocycles. The molecule has 3 atom stereocenters. The Morgan fingerprint density at radius 2 is 1.57 bits per heavy atom. The van der Waals surface area contributed by atoms with E-state index in [9.17, 15) is 24.3 Å². The molecule has 0 aliphatic rings. The van der Waals surface area contributed by atoms with Crippen molar-refractivity contribution in [2.45, 2.75) is 97.9 Å². The second kappa shape index (κ2) is 17.3. The van der Waals surface area contributed by atoms with Gasteiger partial charge in [0.1, 0.15) is 23.4 Å². The number of rotatable bonds is 15. The van der Waals surface area contributed by atoms with Crippen LogP contribution in [0.3, 0.4) is 0 Å². The number of hydrogen-bond acceptors (Lipinski definition) is 7. The Morgan fingerprint density at radius 1 is 0.932 bits per heavy atom. The molecule has 0 spiro atoms. The lowest BCUT2D eigenvalue weighted by atomic mass is 9.95. The van der Waals surface area contributed by atoms with Gasteiger partial charge < -0.3 is 30.1 Å². The molecule has 0 saturated heterocycles. The summed E-state index contributed by atoms with van der Waals surface area (Å²) in [4.78, 5) is 55.0. The molecule has 3 N–H and O–H groups in total. The first-order valence-electron chi connectivity index (χ1n) is 15.3. The largest absolute Gasteiger partial charge is 0.508 e. The lowest BCUT2D eigenvalue weighted by Crippen LogP contribution is -2.56. The molecule has 2 rings (SSSR count). The van der Waals surface area contributed by atoms with Crippen molar-refractivity contribution in [3.63, 3.8) is 0 Å². The average molecular weight is 612 g/mol. The zero-order chi connectivity index (χ0) is 32.9. The number of nitrogens with zero attached hydrogens (tertiary/aromatic N) is 1. The number of amides is 3. The van der Waals surface area contributed by atoms with Crippen LogP contribution in [0.25, 0.3) is 0 Å². The Balaban J connectivity index is 2.60. The van der Waals surface area contributed by atoms with E-state index >= 15 is 0 Å². The number of alkyl carbamates (subject to hydrolysis) is 1. The Morgan fingerprint density at radius 3 is 2.16 bits per heavy atom. The molecule has 2 aromatic rings. The summed E-state index contributed by atoms with van der Waals surface area (Å²) < 4.78 is 10.5. The van der Waals surface area contributed by atoms with Crippen LogP contribution in [0, 0.1) is 5.92 Å². The van der Waals surface area contributed by atoms with Crippen LogP contribution in [0.2, 0.25) is 0 Å². The quantitative estimate of drug-likeness (QED) is 0.233. The number of para-hydroxylation sites is 1. The molecule has 3 unspecified atom stereocenters. The zero-order valence-electron chi connectivity index (χ0n) is 27.1. The molecule has 10 heteroatoms. The summed E-state index contributed by atoms with van der Waals surface area (Å²) in [6, 6.07) is 12.8. The molecule has 0 aliphatic carbocycles. The third-order valence-electron chi connectivity index (χ3n) is 6.85. The summed E-state index contributed by atoms with van der Waals surface area (Å²) >= 11 is 0. The van der Waals surface area contributed by atoms with Gasteiger partial charge in [-0.15, -0.1) is 0 Å². The molecule has 0 radical (unpaired) electrons. The molecule has 0 heterocycles. The lowest BCUT2D eigenvalue weighted by molar-refractivity contribution is -0.146. The lowest BCUT2D eigenvalue weighted by Gasteiger charge is -2.39. The van der Waals surface area contributed by atoms with Crippen molar-refractivity contribution in [2.24, 2.45) is 5.92 Å². The highest BCUT2D eigenvalue weighted by molar-refractivity contribution is 5.93. The number of carbonyl (C=O) groups is 4. The topological polar surface area (TPSA) is 134 Å². The first-order valence-corrected chi connectivity index (χ1v) is 15.3. The second-order valence-electron chi connectivity index (χ2n) is 12.3. The number of carbonyl (C=O) groups excluding carboxylic acids is 4. The van der Waals surface area contributed by atoms with Crippen LogP contribution in [-0.4, -0.2) is 64.7 Å². The van der Waals surface area contributed by atoms with Crippen molar-refractivity contribution in [3.8, 4) is 5.75 Å². The van der Waals surface area contributed by atoms with Crippen LogP contribution >= 0.6 is 0 Å². The number of esters is 1. The highest BCUT2D eigenvalue weighted by Gasteiger charge is 2.40. The van der Waals surface area contributed by atoms with E-state index < -0.39 is 47.6 Å². The molecule has 44 heavy (non-hydrogen) atoms. The van der Waals surface area contributed by atoms with Gasteiger partial charge in [-0.2, -0.15) is 0 Å². The van der Waals surface area contributed by atoms with Crippen LogP contribution < -0.4 is 10.6 Å². The maximum absolute atomic E-state index is 14.7. The molecule has 3 amide bonds. The van der Waals surface area contributed by atoms with Gasteiger partial charge in [0.05, 0.1) is 13.0 Å². The number of phenolic OH excluding ortho intramolecular Hbond substituents is 1. The molecule has 0 bridgehead atoms. The Hall–Kier alpha value is -4.08. The normalized spacial score (nSPS) is 13.4. The number of phenols is 1. The minimum atomic E-state index is -1.26. The fraction of sp³-hybridized carbons (Fsp3) is 0.529. The molecule has 0 fully saturated rings. The van der Waals surface area contributed by atoms with Gasteiger partial charge in [0.15, 0.2) is 0 Å². The van der Waals surface area contributed by atoms with Gasteiger partial charge in [-0.1, -0.05) is 62.4 Å². The summed E-state index contributed by atoms with van der Waals surface area (Å²) in [6.45, 7) is 13.1. The van der Waals surface area contributed by atoms with Gasteiger partial charge in [0.2, 0.25) is 11.8 Å². The van der Waals surface area contributed by atoms with Crippen molar-refractivity contribution in [2.75, 3.05) is 13.2 Å². The Labute approximate surface area is 261 Å². The van der Waals surface area contributed by atoms with Gasteiger partial charge >= 0.3 is 12.1 Å². The minimum absolute atomic E-state index is 0.0201. The van der Waals surface area contributed by atoms with E-state index in [4.69, 9.17) is 9.47 Å². The monoisotopic (exact) mass is 611 g/mol. The molecular formula is C34H49N3O7. The number of aromatic hydroxyl groups is 1. The first kappa shape index (κ1) is 36.1. The maximum atomic E-state index is 14.7. The summed E-state index contributed by atoms with van der Waals surface area (Å²) in [5, 5.41) is 16.4. The summed E-state index contributed by atoms with van der Waals surface area (Å²) in [5.41, 5.74) is 0.225. The van der Waals surface area contributed by atoms with Gasteiger partial charge in [0.25, 0.3) is 0 Å². The molecule has 242 valence electrons. The molecule has 10 nitrogen and oxygen atoms in total. The van der Waals surface area contributed by atoms with Crippen LogP contribution in [0.15, 0.2) is 54.6 Å². The predicted octanol–water partition coefficient (Wildman–Crippen LogP) is 5.29. The summed E-state index contributed by atoms with van der Waals surface area (Å²) in [6.07, 6.45) is 0.657. The predicted molar refractivity (Wildman–Crippen MR) is 169 cm³/mol. The summed E-state index contributed by atoms with van der Waals surface area (Å²) in [5.74, 6) is -1.38. The molecule has 0 aliphatic heterocycles. The van der Waals surface area contributed by atoms with E-state index in [1.807, 2.05) is 37.3 Å².